The molecule has 0 aliphatic carbocycles. The van der Waals surface area contributed by atoms with Gasteiger partial charge in [0.1, 0.15) is 11.8 Å². The quantitative estimate of drug-likeness (QED) is 0.721. The highest BCUT2D eigenvalue weighted by molar-refractivity contribution is 5.86. The van der Waals surface area contributed by atoms with Crippen molar-refractivity contribution in [2.75, 3.05) is 20.2 Å². The highest BCUT2D eigenvalue weighted by atomic mass is 16.5. The molecule has 1 heterocycles. The summed E-state index contributed by atoms with van der Waals surface area (Å²) < 4.78 is 5.17. The Hall–Kier alpha value is -2.08. The van der Waals surface area contributed by atoms with Crippen LogP contribution in [0.2, 0.25) is 0 Å². The minimum absolute atomic E-state index is 0.0881. The maximum atomic E-state index is 12.1. The van der Waals surface area contributed by atoms with Gasteiger partial charge in [-0.2, -0.15) is 0 Å². The molecule has 0 bridgehead atoms. The molecule has 1 unspecified atom stereocenters. The summed E-state index contributed by atoms with van der Waals surface area (Å²) in [6.45, 7) is 2.40. The summed E-state index contributed by atoms with van der Waals surface area (Å²) in [6, 6.07) is 7.05. The first kappa shape index (κ1) is 14.3. The zero-order chi connectivity index (χ0) is 14.5. The molecule has 0 saturated carbocycles. The van der Waals surface area contributed by atoms with Crippen LogP contribution in [0.3, 0.4) is 0 Å². The zero-order valence-electron chi connectivity index (χ0n) is 11.6. The van der Waals surface area contributed by atoms with Gasteiger partial charge in [-0.15, -0.1) is 0 Å². The predicted molar refractivity (Wildman–Crippen MR) is 74.4 cm³/mol. The minimum atomic E-state index is -0.388. The zero-order valence-corrected chi connectivity index (χ0v) is 11.6. The third-order valence-electron chi connectivity index (χ3n) is 3.28. The summed E-state index contributed by atoms with van der Waals surface area (Å²) in [5.41, 5.74) is 0.970. The van der Waals surface area contributed by atoms with Crippen LogP contribution in [0.15, 0.2) is 24.3 Å². The lowest BCUT2D eigenvalue weighted by molar-refractivity contribution is -0.127. The van der Waals surface area contributed by atoms with Gasteiger partial charge in [-0.25, -0.2) is 0 Å². The number of hydrogen-bond donors (Lipinski definition) is 3. The van der Waals surface area contributed by atoms with Crippen LogP contribution in [0.1, 0.15) is 18.5 Å². The molecule has 2 atom stereocenters. The van der Waals surface area contributed by atoms with Gasteiger partial charge in [-0.05, 0) is 24.6 Å². The summed E-state index contributed by atoms with van der Waals surface area (Å²) >= 11 is 0. The van der Waals surface area contributed by atoms with Crippen molar-refractivity contribution >= 4 is 11.8 Å². The summed E-state index contributed by atoms with van der Waals surface area (Å²) in [4.78, 5) is 23.1. The van der Waals surface area contributed by atoms with Gasteiger partial charge >= 0.3 is 0 Å². The number of piperazine rings is 1. The Morgan fingerprint density at radius 1 is 1.50 bits per heavy atom. The van der Waals surface area contributed by atoms with E-state index < -0.39 is 0 Å². The van der Waals surface area contributed by atoms with E-state index >= 15 is 0 Å². The summed E-state index contributed by atoms with van der Waals surface area (Å²) in [5.74, 6) is 0.543. The molecule has 108 valence electrons. The molecule has 1 aliphatic rings. The summed E-state index contributed by atoms with van der Waals surface area (Å²) in [5, 5.41) is 8.48. The number of benzene rings is 1. The fourth-order valence-electron chi connectivity index (χ4n) is 2.06. The second kappa shape index (κ2) is 6.38. The van der Waals surface area contributed by atoms with Crippen molar-refractivity contribution in [3.63, 3.8) is 0 Å². The first-order chi connectivity index (χ1) is 9.60. The highest BCUT2D eigenvalue weighted by Gasteiger charge is 2.24. The number of hydrogen-bond acceptors (Lipinski definition) is 4. The molecule has 1 aromatic carbocycles. The number of carbonyl (C=O) groups is 2. The number of carbonyl (C=O) groups excluding carboxylic acids is 2. The van der Waals surface area contributed by atoms with Crippen molar-refractivity contribution in [1.82, 2.24) is 16.0 Å². The molecular formula is C14H19N3O3. The van der Waals surface area contributed by atoms with E-state index in [0.717, 1.165) is 11.3 Å². The third-order valence-corrected chi connectivity index (χ3v) is 3.28. The van der Waals surface area contributed by atoms with Crippen molar-refractivity contribution < 1.29 is 14.3 Å². The standard InChI is InChI=1S/C14H19N3O3/c1-9(10-4-3-5-11(6-10)20-2)17-14(19)12-7-16-13(18)8-15-12/h3-6,9,12,15H,7-8H2,1-2H3,(H,16,18)(H,17,19)/t9-,12?/m1/s1. The number of nitrogens with one attached hydrogen (secondary N) is 3. The van der Waals surface area contributed by atoms with Crippen molar-refractivity contribution in [3.05, 3.63) is 29.8 Å². The highest BCUT2D eigenvalue weighted by Crippen LogP contribution is 2.18. The van der Waals surface area contributed by atoms with Crippen LogP contribution in [-0.2, 0) is 9.59 Å². The molecule has 1 fully saturated rings. The van der Waals surface area contributed by atoms with E-state index in [2.05, 4.69) is 16.0 Å². The monoisotopic (exact) mass is 277 g/mol. The maximum Gasteiger partial charge on any atom is 0.239 e. The minimum Gasteiger partial charge on any atom is -0.497 e. The van der Waals surface area contributed by atoms with E-state index in [1.807, 2.05) is 31.2 Å². The molecule has 6 nitrogen and oxygen atoms in total. The number of rotatable bonds is 4. The first-order valence-electron chi connectivity index (χ1n) is 6.54. The molecule has 1 aromatic rings. The molecular weight excluding hydrogens is 258 g/mol. The van der Waals surface area contributed by atoms with Gasteiger partial charge in [0, 0.05) is 6.54 Å². The topological polar surface area (TPSA) is 79.5 Å². The van der Waals surface area contributed by atoms with Gasteiger partial charge in [0.2, 0.25) is 11.8 Å². The Kier molecular flexibility index (Phi) is 4.57. The molecule has 0 spiro atoms. The largest absolute Gasteiger partial charge is 0.497 e. The predicted octanol–water partition coefficient (Wildman–Crippen LogP) is -0.0396. The average molecular weight is 277 g/mol. The Labute approximate surface area is 117 Å². The van der Waals surface area contributed by atoms with Crippen LogP contribution < -0.4 is 20.7 Å². The maximum absolute atomic E-state index is 12.1. The molecule has 0 aromatic heterocycles. The van der Waals surface area contributed by atoms with Crippen LogP contribution in [0.4, 0.5) is 0 Å². The summed E-state index contributed by atoms with van der Waals surface area (Å²) in [7, 11) is 1.61. The Bertz CT molecular complexity index is 494. The molecule has 6 heteroatoms. The first-order valence-corrected chi connectivity index (χ1v) is 6.54. The second-order valence-corrected chi connectivity index (χ2v) is 4.74. The molecule has 1 aliphatic heterocycles. The van der Waals surface area contributed by atoms with Crippen molar-refractivity contribution in [1.29, 1.82) is 0 Å². The molecule has 0 radical (unpaired) electrons. The van der Waals surface area contributed by atoms with E-state index in [-0.39, 0.29) is 30.4 Å². The molecule has 1 saturated heterocycles. The number of ether oxygens (including phenoxy) is 1. The van der Waals surface area contributed by atoms with Crippen LogP contribution in [0.25, 0.3) is 0 Å². The number of amides is 2. The molecule has 20 heavy (non-hydrogen) atoms. The Morgan fingerprint density at radius 2 is 2.30 bits per heavy atom. The Balaban J connectivity index is 1.94. The third kappa shape index (κ3) is 3.48. The molecule has 2 amide bonds. The van der Waals surface area contributed by atoms with Gasteiger partial charge < -0.3 is 15.4 Å². The van der Waals surface area contributed by atoms with Crippen LogP contribution in [0, 0.1) is 0 Å². The van der Waals surface area contributed by atoms with Gasteiger partial charge in [0.25, 0.3) is 0 Å². The van der Waals surface area contributed by atoms with Gasteiger partial charge in [0.05, 0.1) is 19.7 Å². The second-order valence-electron chi connectivity index (χ2n) is 4.74. The Morgan fingerprint density at radius 3 is 2.95 bits per heavy atom. The van der Waals surface area contributed by atoms with Crippen LogP contribution in [0.5, 0.6) is 5.75 Å². The smallest absolute Gasteiger partial charge is 0.239 e. The summed E-state index contributed by atoms with van der Waals surface area (Å²) in [6.07, 6.45) is 0. The molecule has 3 N–H and O–H groups in total. The van der Waals surface area contributed by atoms with E-state index in [0.29, 0.717) is 6.54 Å². The molecule has 2 rings (SSSR count). The van der Waals surface area contributed by atoms with E-state index in [1.165, 1.54) is 0 Å². The van der Waals surface area contributed by atoms with Crippen molar-refractivity contribution in [2.45, 2.75) is 19.0 Å². The average Bonchev–Trinajstić information content (AvgIpc) is 2.47. The lowest BCUT2D eigenvalue weighted by atomic mass is 10.1. The fraction of sp³-hybridized carbons (Fsp3) is 0.429. The van der Waals surface area contributed by atoms with Crippen molar-refractivity contribution in [3.8, 4) is 5.75 Å². The van der Waals surface area contributed by atoms with Gasteiger partial charge in [-0.1, -0.05) is 12.1 Å². The normalized spacial score (nSPS) is 19.9. The van der Waals surface area contributed by atoms with E-state index in [9.17, 15) is 9.59 Å². The van der Waals surface area contributed by atoms with Gasteiger partial charge in [-0.3, -0.25) is 14.9 Å². The van der Waals surface area contributed by atoms with Crippen LogP contribution >= 0.6 is 0 Å². The van der Waals surface area contributed by atoms with Crippen molar-refractivity contribution in [2.24, 2.45) is 0 Å². The fourth-order valence-corrected chi connectivity index (χ4v) is 2.06. The van der Waals surface area contributed by atoms with E-state index in [1.54, 1.807) is 7.11 Å². The van der Waals surface area contributed by atoms with Crippen LogP contribution in [-0.4, -0.2) is 38.1 Å². The number of methoxy groups -OCH3 is 1. The van der Waals surface area contributed by atoms with Gasteiger partial charge in [0.15, 0.2) is 0 Å². The van der Waals surface area contributed by atoms with E-state index in [4.69, 9.17) is 4.74 Å². The lowest BCUT2D eigenvalue weighted by Crippen LogP contribution is -2.58. The lowest BCUT2D eigenvalue weighted by Gasteiger charge is -2.25. The SMILES string of the molecule is COc1cccc([C@@H](C)NC(=O)C2CNC(=O)CN2)c1.